The number of aryl methyl sites for hydroxylation is 1. The van der Waals surface area contributed by atoms with E-state index in [1.165, 1.54) is 19.2 Å². The van der Waals surface area contributed by atoms with Crippen molar-refractivity contribution in [1.29, 1.82) is 0 Å². The summed E-state index contributed by atoms with van der Waals surface area (Å²) in [7, 11) is 1.33. The van der Waals surface area contributed by atoms with Crippen LogP contribution < -0.4 is 4.90 Å². The minimum atomic E-state index is -0.447. The van der Waals surface area contributed by atoms with E-state index in [2.05, 4.69) is 0 Å². The number of fused-ring (bicyclic) bond motifs is 1. The first-order valence-electron chi connectivity index (χ1n) is 8.43. The molecule has 0 bridgehead atoms. The van der Waals surface area contributed by atoms with Crippen LogP contribution in [0.5, 0.6) is 0 Å². The molecule has 2 heterocycles. The van der Waals surface area contributed by atoms with Crippen molar-refractivity contribution in [3.63, 3.8) is 0 Å². The summed E-state index contributed by atoms with van der Waals surface area (Å²) in [5.74, 6) is -0.381. The molecule has 0 saturated carbocycles. The van der Waals surface area contributed by atoms with Gasteiger partial charge in [-0.1, -0.05) is 6.07 Å². The Kier molecular flexibility index (Phi) is 4.87. The molecule has 0 spiro atoms. The van der Waals surface area contributed by atoms with Gasteiger partial charge in [-0.3, -0.25) is 14.9 Å². The molecule has 1 fully saturated rings. The van der Waals surface area contributed by atoms with Crippen molar-refractivity contribution >= 4 is 23.4 Å². The maximum Gasteiger partial charge on any atom is 0.409 e. The summed E-state index contributed by atoms with van der Waals surface area (Å²) < 4.78 is 4.75. The Balaban J connectivity index is 1.83. The lowest BCUT2D eigenvalue weighted by atomic mass is 9.94. The number of nitro benzene ring substituents is 1. The molecule has 0 unspecified atom stereocenters. The van der Waals surface area contributed by atoms with Gasteiger partial charge in [-0.05, 0) is 31.2 Å². The van der Waals surface area contributed by atoms with Crippen LogP contribution in [-0.4, -0.2) is 48.6 Å². The van der Waals surface area contributed by atoms with E-state index < -0.39 is 11.0 Å². The number of nitrogens with zero attached hydrogens (tertiary/aromatic N) is 3. The molecule has 134 valence electrons. The third kappa shape index (κ3) is 3.42. The Hall–Kier alpha value is -2.64. The van der Waals surface area contributed by atoms with Crippen LogP contribution in [0.25, 0.3) is 0 Å². The molecule has 3 rings (SSSR count). The van der Waals surface area contributed by atoms with Gasteiger partial charge >= 0.3 is 6.09 Å². The zero-order valence-corrected chi connectivity index (χ0v) is 14.1. The Morgan fingerprint density at radius 3 is 2.80 bits per heavy atom. The van der Waals surface area contributed by atoms with E-state index in [1.807, 2.05) is 0 Å². The third-order valence-electron chi connectivity index (χ3n) is 4.87. The van der Waals surface area contributed by atoms with Crippen molar-refractivity contribution in [2.24, 2.45) is 5.92 Å². The molecular formula is C17H21N3O5. The van der Waals surface area contributed by atoms with Gasteiger partial charge in [0.15, 0.2) is 0 Å². The largest absolute Gasteiger partial charge is 0.453 e. The quantitative estimate of drug-likeness (QED) is 0.605. The number of hydrogen-bond donors (Lipinski definition) is 0. The van der Waals surface area contributed by atoms with E-state index in [9.17, 15) is 19.7 Å². The van der Waals surface area contributed by atoms with Crippen molar-refractivity contribution in [1.82, 2.24) is 4.90 Å². The number of carbonyl (C=O) groups excluding carboxylic acids is 2. The minimum absolute atomic E-state index is 0.0155. The van der Waals surface area contributed by atoms with Crippen LogP contribution in [0, 0.1) is 16.0 Å². The first kappa shape index (κ1) is 17.2. The molecule has 2 amide bonds. The van der Waals surface area contributed by atoms with Gasteiger partial charge in [0.25, 0.3) is 5.69 Å². The fourth-order valence-corrected chi connectivity index (χ4v) is 3.60. The second-order valence-corrected chi connectivity index (χ2v) is 6.42. The Labute approximate surface area is 145 Å². The summed E-state index contributed by atoms with van der Waals surface area (Å²) in [5.41, 5.74) is 1.56. The average Bonchev–Trinajstić information content (AvgIpc) is 2.65. The van der Waals surface area contributed by atoms with Gasteiger partial charge in [0.1, 0.15) is 0 Å². The number of piperidine rings is 1. The number of nitro groups is 1. The molecule has 2 aliphatic rings. The predicted octanol–water partition coefficient (Wildman–Crippen LogP) is 2.35. The maximum atomic E-state index is 13.0. The van der Waals surface area contributed by atoms with Crippen LogP contribution in [0.2, 0.25) is 0 Å². The number of amides is 2. The van der Waals surface area contributed by atoms with E-state index in [4.69, 9.17) is 4.74 Å². The molecule has 8 heteroatoms. The number of non-ortho nitro benzene ring substituents is 1. The second-order valence-electron chi connectivity index (χ2n) is 6.42. The van der Waals surface area contributed by atoms with Crippen molar-refractivity contribution in [3.05, 3.63) is 33.9 Å². The van der Waals surface area contributed by atoms with Crippen molar-refractivity contribution in [2.75, 3.05) is 31.6 Å². The van der Waals surface area contributed by atoms with Crippen molar-refractivity contribution in [2.45, 2.75) is 25.7 Å². The van der Waals surface area contributed by atoms with Crippen LogP contribution >= 0.6 is 0 Å². The molecule has 1 saturated heterocycles. The number of methoxy groups -OCH3 is 1. The third-order valence-corrected chi connectivity index (χ3v) is 4.87. The normalized spacial score (nSPS) is 20.0. The van der Waals surface area contributed by atoms with E-state index in [-0.39, 0.29) is 17.5 Å². The number of rotatable bonds is 2. The molecule has 0 aromatic heterocycles. The highest BCUT2D eigenvalue weighted by Crippen LogP contribution is 2.33. The van der Waals surface area contributed by atoms with Crippen molar-refractivity contribution < 1.29 is 19.2 Å². The van der Waals surface area contributed by atoms with Crippen LogP contribution in [-0.2, 0) is 16.0 Å². The van der Waals surface area contributed by atoms with Gasteiger partial charge in [-0.2, -0.15) is 0 Å². The number of benzene rings is 1. The molecular weight excluding hydrogens is 326 g/mol. The summed E-state index contributed by atoms with van der Waals surface area (Å²) in [6.45, 7) is 1.45. The first-order valence-corrected chi connectivity index (χ1v) is 8.43. The van der Waals surface area contributed by atoms with Gasteiger partial charge in [0.05, 0.1) is 23.6 Å². The first-order chi connectivity index (χ1) is 12.0. The number of ether oxygens (including phenoxy) is 1. The molecule has 1 aromatic carbocycles. The summed E-state index contributed by atoms with van der Waals surface area (Å²) in [6.07, 6.45) is 2.64. The molecule has 0 radical (unpaired) electrons. The molecule has 0 N–H and O–H groups in total. The van der Waals surface area contributed by atoms with E-state index >= 15 is 0 Å². The predicted molar refractivity (Wildman–Crippen MR) is 90.5 cm³/mol. The second kappa shape index (κ2) is 7.08. The van der Waals surface area contributed by atoms with Crippen LogP contribution in [0.1, 0.15) is 24.8 Å². The highest BCUT2D eigenvalue weighted by atomic mass is 16.6. The molecule has 8 nitrogen and oxygen atoms in total. The monoisotopic (exact) mass is 347 g/mol. The van der Waals surface area contributed by atoms with Gasteiger partial charge in [-0.15, -0.1) is 0 Å². The van der Waals surface area contributed by atoms with Gasteiger partial charge in [0, 0.05) is 31.8 Å². The lowest BCUT2D eigenvalue weighted by Crippen LogP contribution is -2.48. The zero-order valence-electron chi connectivity index (χ0n) is 14.1. The van der Waals surface area contributed by atoms with Gasteiger partial charge in [-0.25, -0.2) is 4.79 Å². The molecule has 2 aliphatic heterocycles. The Morgan fingerprint density at radius 1 is 1.28 bits per heavy atom. The van der Waals surface area contributed by atoms with E-state index in [0.717, 1.165) is 24.8 Å². The molecule has 25 heavy (non-hydrogen) atoms. The smallest absolute Gasteiger partial charge is 0.409 e. The van der Waals surface area contributed by atoms with Crippen LogP contribution in [0.15, 0.2) is 18.2 Å². The van der Waals surface area contributed by atoms with E-state index in [1.54, 1.807) is 15.9 Å². The van der Waals surface area contributed by atoms with Crippen LogP contribution in [0.4, 0.5) is 16.2 Å². The highest BCUT2D eigenvalue weighted by Gasteiger charge is 2.34. The van der Waals surface area contributed by atoms with Crippen LogP contribution in [0.3, 0.4) is 0 Å². The lowest BCUT2D eigenvalue weighted by Gasteiger charge is -2.36. The maximum absolute atomic E-state index is 13.0. The fourth-order valence-electron chi connectivity index (χ4n) is 3.60. The van der Waals surface area contributed by atoms with E-state index in [0.29, 0.717) is 31.7 Å². The number of hydrogen-bond acceptors (Lipinski definition) is 5. The molecule has 1 aromatic rings. The highest BCUT2D eigenvalue weighted by molar-refractivity contribution is 5.97. The average molecular weight is 347 g/mol. The lowest BCUT2D eigenvalue weighted by molar-refractivity contribution is -0.384. The number of anilines is 1. The minimum Gasteiger partial charge on any atom is -0.453 e. The zero-order chi connectivity index (χ0) is 18.0. The fraction of sp³-hybridized carbons (Fsp3) is 0.529. The summed E-state index contributed by atoms with van der Waals surface area (Å²) in [6, 6.07) is 4.69. The van der Waals surface area contributed by atoms with Crippen molar-refractivity contribution in [3.8, 4) is 0 Å². The summed E-state index contributed by atoms with van der Waals surface area (Å²) in [5, 5.41) is 11.1. The summed E-state index contributed by atoms with van der Waals surface area (Å²) >= 11 is 0. The molecule has 1 atom stereocenters. The van der Waals surface area contributed by atoms with Gasteiger partial charge < -0.3 is 14.5 Å². The number of likely N-dealkylation sites (tertiary alicyclic amines) is 1. The summed E-state index contributed by atoms with van der Waals surface area (Å²) in [4.78, 5) is 38.6. The SMILES string of the molecule is COC(=O)N1CCC[C@@H](C(=O)N2CCCc3ccc([N+](=O)[O-])cc32)C1. The molecule has 0 aliphatic carbocycles. The number of carbonyl (C=O) groups is 2. The Morgan fingerprint density at radius 2 is 2.08 bits per heavy atom. The van der Waals surface area contributed by atoms with Gasteiger partial charge in [0.2, 0.25) is 5.91 Å². The topological polar surface area (TPSA) is 93.0 Å². The Bertz CT molecular complexity index is 706. The standard InChI is InChI=1S/C17H21N3O5/c1-25-17(22)18-8-2-5-13(11-18)16(21)19-9-3-4-12-6-7-14(20(23)24)10-15(12)19/h6-7,10,13H,2-5,8-9,11H2,1H3/t13-/m1/s1.